The van der Waals surface area contributed by atoms with Crippen molar-refractivity contribution >= 4 is 11.6 Å². The van der Waals surface area contributed by atoms with Crippen molar-refractivity contribution in [2.45, 2.75) is 25.0 Å². The quantitative estimate of drug-likeness (QED) is 0.613. The highest BCUT2D eigenvalue weighted by molar-refractivity contribution is 6.30. The fraction of sp³-hybridized carbons (Fsp3) is 0.455. The maximum absolute atomic E-state index is 5.84. The van der Waals surface area contributed by atoms with Gasteiger partial charge in [0.05, 0.1) is 12.1 Å². The number of nitrogens with one attached hydrogen (secondary N) is 1. The summed E-state index contributed by atoms with van der Waals surface area (Å²) >= 11 is 5.84. The molecule has 4 heteroatoms. The predicted molar refractivity (Wildman–Crippen MR) is 60.5 cm³/mol. The summed E-state index contributed by atoms with van der Waals surface area (Å²) in [5.74, 6) is 5.56. The first-order valence-corrected chi connectivity index (χ1v) is 5.52. The van der Waals surface area contributed by atoms with Gasteiger partial charge in [0.25, 0.3) is 0 Å². The molecule has 0 radical (unpaired) electrons. The monoisotopic (exact) mass is 226 g/mol. The number of hydrogen-bond donors (Lipinski definition) is 2. The first kappa shape index (κ1) is 10.9. The van der Waals surface area contributed by atoms with Crippen molar-refractivity contribution in [3.05, 3.63) is 34.9 Å². The van der Waals surface area contributed by atoms with Crippen LogP contribution in [0.15, 0.2) is 24.3 Å². The van der Waals surface area contributed by atoms with Crippen molar-refractivity contribution in [3.63, 3.8) is 0 Å². The third-order valence-corrected chi connectivity index (χ3v) is 3.00. The van der Waals surface area contributed by atoms with Crippen molar-refractivity contribution in [1.82, 2.24) is 5.43 Å². The molecule has 1 heterocycles. The fourth-order valence-electron chi connectivity index (χ4n) is 1.95. The molecule has 2 unspecified atom stereocenters. The summed E-state index contributed by atoms with van der Waals surface area (Å²) in [6.45, 7) is 0.830. The molecule has 0 aliphatic carbocycles. The summed E-state index contributed by atoms with van der Waals surface area (Å²) < 4.78 is 5.62. The lowest BCUT2D eigenvalue weighted by Crippen LogP contribution is -2.36. The molecule has 0 saturated carbocycles. The van der Waals surface area contributed by atoms with Crippen LogP contribution in [-0.4, -0.2) is 12.7 Å². The molecule has 82 valence electrons. The van der Waals surface area contributed by atoms with E-state index in [1.807, 2.05) is 24.3 Å². The van der Waals surface area contributed by atoms with E-state index in [2.05, 4.69) is 5.43 Å². The lowest BCUT2D eigenvalue weighted by Gasteiger charge is -2.22. The van der Waals surface area contributed by atoms with Crippen molar-refractivity contribution in [2.75, 3.05) is 6.61 Å². The van der Waals surface area contributed by atoms with Gasteiger partial charge in [-0.25, -0.2) is 0 Å². The molecular formula is C11H15ClN2O. The van der Waals surface area contributed by atoms with Crippen molar-refractivity contribution in [1.29, 1.82) is 0 Å². The van der Waals surface area contributed by atoms with Gasteiger partial charge in [-0.05, 0) is 30.5 Å². The summed E-state index contributed by atoms with van der Waals surface area (Å²) in [4.78, 5) is 0. The average Bonchev–Trinajstić information content (AvgIpc) is 2.75. The zero-order valence-corrected chi connectivity index (χ0v) is 9.20. The van der Waals surface area contributed by atoms with Crippen LogP contribution in [0.4, 0.5) is 0 Å². The number of halogens is 1. The van der Waals surface area contributed by atoms with Crippen molar-refractivity contribution in [3.8, 4) is 0 Å². The molecule has 15 heavy (non-hydrogen) atoms. The molecule has 0 amide bonds. The van der Waals surface area contributed by atoms with Crippen molar-refractivity contribution < 1.29 is 4.74 Å². The van der Waals surface area contributed by atoms with E-state index in [0.29, 0.717) is 0 Å². The summed E-state index contributed by atoms with van der Waals surface area (Å²) in [5, 5.41) is 0.738. The predicted octanol–water partition coefficient (Wildman–Crippen LogP) is 2.02. The minimum Gasteiger partial charge on any atom is -0.376 e. The van der Waals surface area contributed by atoms with Gasteiger partial charge in [-0.1, -0.05) is 23.7 Å². The van der Waals surface area contributed by atoms with Gasteiger partial charge in [0.15, 0.2) is 0 Å². The van der Waals surface area contributed by atoms with Gasteiger partial charge in [-0.3, -0.25) is 11.3 Å². The standard InChI is InChI=1S/C11H15ClN2O/c12-9-5-3-8(4-6-9)11(14-13)10-2-1-7-15-10/h3-6,10-11,14H,1-2,7,13H2. The topological polar surface area (TPSA) is 47.3 Å². The Morgan fingerprint density at radius 1 is 1.40 bits per heavy atom. The summed E-state index contributed by atoms with van der Waals surface area (Å²) in [5.41, 5.74) is 3.93. The molecule has 1 fully saturated rings. The molecule has 1 aromatic rings. The van der Waals surface area contributed by atoms with Gasteiger partial charge in [-0.15, -0.1) is 0 Å². The van der Waals surface area contributed by atoms with Crippen LogP contribution in [0.2, 0.25) is 5.02 Å². The van der Waals surface area contributed by atoms with E-state index < -0.39 is 0 Å². The van der Waals surface area contributed by atoms with Crippen LogP contribution in [0.5, 0.6) is 0 Å². The molecule has 1 aromatic carbocycles. The first-order valence-electron chi connectivity index (χ1n) is 5.14. The molecule has 3 N–H and O–H groups in total. The van der Waals surface area contributed by atoms with Gasteiger partial charge in [0.2, 0.25) is 0 Å². The number of nitrogens with two attached hydrogens (primary N) is 1. The van der Waals surface area contributed by atoms with E-state index in [4.69, 9.17) is 22.2 Å². The van der Waals surface area contributed by atoms with E-state index in [1.165, 1.54) is 0 Å². The molecule has 2 atom stereocenters. The van der Waals surface area contributed by atoms with Crippen LogP contribution in [0.3, 0.4) is 0 Å². The molecule has 1 saturated heterocycles. The Bertz CT molecular complexity index is 309. The number of benzene rings is 1. The zero-order valence-electron chi connectivity index (χ0n) is 8.45. The number of hydrogen-bond acceptors (Lipinski definition) is 3. The Balaban J connectivity index is 2.14. The van der Waals surface area contributed by atoms with Crippen LogP contribution in [0, 0.1) is 0 Å². The van der Waals surface area contributed by atoms with E-state index in [0.717, 1.165) is 30.0 Å². The Morgan fingerprint density at radius 2 is 2.13 bits per heavy atom. The van der Waals surface area contributed by atoms with Crippen molar-refractivity contribution in [2.24, 2.45) is 5.84 Å². The normalized spacial score (nSPS) is 22.9. The van der Waals surface area contributed by atoms with Gasteiger partial charge in [-0.2, -0.15) is 0 Å². The van der Waals surface area contributed by atoms with Crippen LogP contribution in [0.25, 0.3) is 0 Å². The lowest BCUT2D eigenvalue weighted by molar-refractivity contribution is 0.0783. The SMILES string of the molecule is NNC(c1ccc(Cl)cc1)C1CCCO1. The van der Waals surface area contributed by atoms with Gasteiger partial charge >= 0.3 is 0 Å². The smallest absolute Gasteiger partial charge is 0.0783 e. The van der Waals surface area contributed by atoms with E-state index >= 15 is 0 Å². The Hall–Kier alpha value is -0.610. The molecule has 2 rings (SSSR count). The third kappa shape index (κ3) is 2.49. The highest BCUT2D eigenvalue weighted by Gasteiger charge is 2.26. The summed E-state index contributed by atoms with van der Waals surface area (Å²) in [6.07, 6.45) is 2.34. The van der Waals surface area contributed by atoms with E-state index in [-0.39, 0.29) is 12.1 Å². The summed E-state index contributed by atoms with van der Waals surface area (Å²) in [7, 11) is 0. The molecular weight excluding hydrogens is 212 g/mol. The van der Waals surface area contributed by atoms with Crippen LogP contribution >= 0.6 is 11.6 Å². The minimum atomic E-state index is 0.0600. The zero-order chi connectivity index (χ0) is 10.7. The second-order valence-electron chi connectivity index (χ2n) is 3.75. The Kier molecular flexibility index (Phi) is 3.59. The van der Waals surface area contributed by atoms with Gasteiger partial charge < -0.3 is 4.74 Å². The van der Waals surface area contributed by atoms with E-state index in [9.17, 15) is 0 Å². The number of hydrazine groups is 1. The number of ether oxygens (including phenoxy) is 1. The molecule has 1 aliphatic rings. The largest absolute Gasteiger partial charge is 0.376 e. The van der Waals surface area contributed by atoms with Gasteiger partial charge in [0, 0.05) is 11.6 Å². The molecule has 0 bridgehead atoms. The molecule has 0 spiro atoms. The molecule has 0 aromatic heterocycles. The molecule has 1 aliphatic heterocycles. The average molecular weight is 227 g/mol. The van der Waals surface area contributed by atoms with Crippen LogP contribution in [0.1, 0.15) is 24.4 Å². The van der Waals surface area contributed by atoms with Crippen LogP contribution in [-0.2, 0) is 4.74 Å². The highest BCUT2D eigenvalue weighted by atomic mass is 35.5. The van der Waals surface area contributed by atoms with Crippen LogP contribution < -0.4 is 11.3 Å². The third-order valence-electron chi connectivity index (χ3n) is 2.75. The first-order chi connectivity index (χ1) is 7.31. The second-order valence-corrected chi connectivity index (χ2v) is 4.18. The maximum Gasteiger partial charge on any atom is 0.0783 e. The fourth-order valence-corrected chi connectivity index (χ4v) is 2.08. The Morgan fingerprint density at radius 3 is 2.67 bits per heavy atom. The molecule has 3 nitrogen and oxygen atoms in total. The number of rotatable bonds is 3. The maximum atomic E-state index is 5.84. The minimum absolute atomic E-state index is 0.0600. The second kappa shape index (κ2) is 4.94. The highest BCUT2D eigenvalue weighted by Crippen LogP contribution is 2.26. The summed E-state index contributed by atoms with van der Waals surface area (Å²) in [6, 6.07) is 7.76. The van der Waals surface area contributed by atoms with E-state index in [1.54, 1.807) is 0 Å². The Labute approximate surface area is 94.5 Å². The lowest BCUT2D eigenvalue weighted by atomic mass is 10.0. The van der Waals surface area contributed by atoms with Gasteiger partial charge in [0.1, 0.15) is 0 Å².